The predicted octanol–water partition coefficient (Wildman–Crippen LogP) is 4.24. The molecule has 0 saturated heterocycles. The summed E-state index contributed by atoms with van der Waals surface area (Å²) >= 11 is 2.53. The molecule has 9 nitrogen and oxygen atoms in total. The summed E-state index contributed by atoms with van der Waals surface area (Å²) in [6, 6.07) is 7.50. The first-order valence-corrected chi connectivity index (χ1v) is 12.7. The zero-order chi connectivity index (χ0) is 25.8. The van der Waals surface area contributed by atoms with Gasteiger partial charge < -0.3 is 15.5 Å². The number of nitrogens with one attached hydrogen (secondary N) is 2. The Hall–Kier alpha value is -3.45. The number of aliphatic hydroxyl groups is 1. The molecule has 188 valence electrons. The summed E-state index contributed by atoms with van der Waals surface area (Å²) in [7, 11) is 1.61. The Labute approximate surface area is 214 Å². The van der Waals surface area contributed by atoms with Crippen molar-refractivity contribution < 1.29 is 24.2 Å². The van der Waals surface area contributed by atoms with E-state index >= 15 is 4.39 Å². The number of benzene rings is 1. The summed E-state index contributed by atoms with van der Waals surface area (Å²) < 4.78 is 16.3. The van der Waals surface area contributed by atoms with Gasteiger partial charge in [-0.25, -0.2) is 14.2 Å². The van der Waals surface area contributed by atoms with Crippen molar-refractivity contribution in [3.8, 4) is 22.4 Å². The van der Waals surface area contributed by atoms with E-state index in [-0.39, 0.29) is 17.2 Å². The van der Waals surface area contributed by atoms with E-state index in [0.29, 0.717) is 33.6 Å². The molecule has 12 heteroatoms. The first-order valence-electron chi connectivity index (χ1n) is 11.0. The van der Waals surface area contributed by atoms with Gasteiger partial charge in [0.1, 0.15) is 11.6 Å². The molecule has 0 aliphatic heterocycles. The van der Waals surface area contributed by atoms with Crippen molar-refractivity contribution in [2.24, 2.45) is 0 Å². The molecule has 0 saturated carbocycles. The van der Waals surface area contributed by atoms with E-state index in [1.807, 2.05) is 12.1 Å². The van der Waals surface area contributed by atoms with Crippen molar-refractivity contribution >= 4 is 50.0 Å². The Bertz CT molecular complexity index is 1390. The van der Waals surface area contributed by atoms with Crippen LogP contribution < -0.4 is 10.6 Å². The Morgan fingerprint density at radius 1 is 1.25 bits per heavy atom. The number of carbonyl (C=O) groups excluding carboxylic acids is 1. The largest absolute Gasteiger partial charge is 0.480 e. The minimum atomic E-state index is -1.12. The highest BCUT2D eigenvalue weighted by molar-refractivity contribution is 7.22. The van der Waals surface area contributed by atoms with Crippen molar-refractivity contribution in [2.45, 2.75) is 19.5 Å². The van der Waals surface area contributed by atoms with Gasteiger partial charge in [-0.05, 0) is 49.2 Å². The highest BCUT2D eigenvalue weighted by atomic mass is 32.1. The van der Waals surface area contributed by atoms with E-state index in [1.165, 1.54) is 27.6 Å². The summed E-state index contributed by atoms with van der Waals surface area (Å²) in [6.07, 6.45) is 1.65. The van der Waals surface area contributed by atoms with Crippen molar-refractivity contribution in [1.29, 1.82) is 0 Å². The lowest BCUT2D eigenvalue weighted by Gasteiger charge is -2.21. The second-order valence-corrected chi connectivity index (χ2v) is 9.93. The molecule has 3 heterocycles. The second kappa shape index (κ2) is 11.1. The number of carboxylic acid groups (broad SMARTS) is 1. The van der Waals surface area contributed by atoms with Gasteiger partial charge in [-0.3, -0.25) is 20.0 Å². The van der Waals surface area contributed by atoms with Crippen LogP contribution in [0.2, 0.25) is 0 Å². The van der Waals surface area contributed by atoms with Gasteiger partial charge in [0.25, 0.3) is 0 Å². The fourth-order valence-electron chi connectivity index (χ4n) is 3.70. The lowest BCUT2D eigenvalue weighted by Crippen LogP contribution is -2.40. The van der Waals surface area contributed by atoms with Gasteiger partial charge in [0.05, 0.1) is 17.0 Å². The van der Waals surface area contributed by atoms with Crippen molar-refractivity contribution in [3.63, 3.8) is 0 Å². The summed E-state index contributed by atoms with van der Waals surface area (Å²) in [5.41, 5.74) is 2.38. The van der Waals surface area contributed by atoms with Gasteiger partial charge in [-0.15, -0.1) is 11.3 Å². The van der Waals surface area contributed by atoms with E-state index in [1.54, 1.807) is 43.7 Å². The molecule has 4 aromatic rings. The van der Waals surface area contributed by atoms with E-state index in [4.69, 9.17) is 0 Å². The molecule has 2 amide bonds. The molecule has 4 rings (SSSR count). The smallest absolute Gasteiger partial charge is 0.323 e. The maximum atomic E-state index is 15.8. The number of nitrogens with zero attached hydrogens (tertiary/aromatic N) is 3. The molecule has 0 aliphatic rings. The molecule has 1 unspecified atom stereocenters. The van der Waals surface area contributed by atoms with Crippen LogP contribution in [0.3, 0.4) is 0 Å². The van der Waals surface area contributed by atoms with Crippen LogP contribution in [0, 0.1) is 5.82 Å². The minimum absolute atomic E-state index is 0.126. The number of thiazole rings is 1. The first kappa shape index (κ1) is 25.6. The monoisotopic (exact) mass is 529 g/mol. The van der Waals surface area contributed by atoms with Crippen LogP contribution in [0.4, 0.5) is 14.3 Å². The third-order valence-corrected chi connectivity index (χ3v) is 7.39. The molecule has 36 heavy (non-hydrogen) atoms. The summed E-state index contributed by atoms with van der Waals surface area (Å²) in [4.78, 5) is 34.5. The number of aliphatic carboxylic acids is 1. The Kier molecular flexibility index (Phi) is 7.89. The van der Waals surface area contributed by atoms with E-state index in [0.717, 1.165) is 4.88 Å². The molecule has 0 spiro atoms. The lowest BCUT2D eigenvalue weighted by atomic mass is 10.0. The van der Waals surface area contributed by atoms with E-state index < -0.39 is 30.5 Å². The number of fused-ring (bicyclic) bond motifs is 1. The average molecular weight is 530 g/mol. The van der Waals surface area contributed by atoms with Crippen molar-refractivity contribution in [1.82, 2.24) is 20.2 Å². The number of hydrogen-bond donors (Lipinski definition) is 4. The van der Waals surface area contributed by atoms with Crippen LogP contribution in [0.15, 0.2) is 41.9 Å². The number of pyridine rings is 1. The highest BCUT2D eigenvalue weighted by Crippen LogP contribution is 2.41. The van der Waals surface area contributed by atoms with Crippen LogP contribution in [0.1, 0.15) is 11.8 Å². The van der Waals surface area contributed by atoms with Crippen molar-refractivity contribution in [2.75, 3.05) is 25.5 Å². The topological polar surface area (TPSA) is 128 Å². The molecule has 1 atom stereocenters. The third-order valence-electron chi connectivity index (χ3n) is 5.46. The number of carbonyl (C=O) groups is 2. The van der Waals surface area contributed by atoms with Crippen LogP contribution in [-0.4, -0.2) is 63.3 Å². The summed E-state index contributed by atoms with van der Waals surface area (Å²) in [5, 5.41) is 26.0. The number of carboxylic acids is 1. The van der Waals surface area contributed by atoms with E-state index in [9.17, 15) is 19.8 Å². The SMILES string of the molecule is CCNC(=O)Nc1nc2c(F)c(-c3csc(CN(C)C(CO)C(=O)O)c3)cc(-c3ccccn3)c2s1. The molecular weight excluding hydrogens is 505 g/mol. The zero-order valence-electron chi connectivity index (χ0n) is 19.5. The second-order valence-electron chi connectivity index (χ2n) is 7.94. The Balaban J connectivity index is 1.76. The molecule has 3 aromatic heterocycles. The number of thiophene rings is 1. The first-order chi connectivity index (χ1) is 17.3. The fraction of sp³-hybridized carbons (Fsp3) is 0.250. The van der Waals surface area contributed by atoms with Crippen LogP contribution >= 0.6 is 22.7 Å². The van der Waals surface area contributed by atoms with E-state index in [2.05, 4.69) is 20.6 Å². The van der Waals surface area contributed by atoms with Crippen LogP contribution in [0.5, 0.6) is 0 Å². The minimum Gasteiger partial charge on any atom is -0.480 e. The van der Waals surface area contributed by atoms with Gasteiger partial charge >= 0.3 is 12.0 Å². The highest BCUT2D eigenvalue weighted by Gasteiger charge is 2.24. The number of amides is 2. The summed E-state index contributed by atoms with van der Waals surface area (Å²) in [5.74, 6) is -1.64. The molecule has 1 aromatic carbocycles. The number of hydrogen-bond acceptors (Lipinski definition) is 8. The molecular formula is C24H24FN5O4S2. The van der Waals surface area contributed by atoms with Gasteiger partial charge in [0.2, 0.25) is 0 Å². The fourth-order valence-corrected chi connectivity index (χ4v) is 5.62. The van der Waals surface area contributed by atoms with Gasteiger partial charge in [-0.2, -0.15) is 0 Å². The van der Waals surface area contributed by atoms with Gasteiger partial charge in [0.15, 0.2) is 10.9 Å². The predicted molar refractivity (Wildman–Crippen MR) is 139 cm³/mol. The molecule has 0 bridgehead atoms. The Morgan fingerprint density at radius 3 is 2.72 bits per heavy atom. The number of aromatic nitrogens is 2. The number of anilines is 1. The Morgan fingerprint density at radius 2 is 2.06 bits per heavy atom. The third kappa shape index (κ3) is 5.36. The average Bonchev–Trinajstić information content (AvgIpc) is 3.48. The van der Waals surface area contributed by atoms with Gasteiger partial charge in [0, 0.05) is 35.3 Å². The van der Waals surface area contributed by atoms with Gasteiger partial charge in [-0.1, -0.05) is 17.4 Å². The maximum Gasteiger partial charge on any atom is 0.323 e. The molecule has 0 fully saturated rings. The number of likely N-dealkylation sites (N-methyl/N-ethyl adjacent to an activating group) is 1. The number of urea groups is 1. The normalized spacial score (nSPS) is 12.1. The standard InChI is InChI=1S/C24H24FN5O4S2/c1-3-26-23(34)29-24-28-20-19(25)15(9-16(21(20)36-24)17-6-4-5-7-27-17)13-8-14(35-12-13)10-30(2)18(11-31)22(32)33/h4-9,12,18,31H,3,10-11H2,1-2H3,(H,32,33)(H2,26,28,29,34). The molecule has 4 N–H and O–H groups in total. The maximum absolute atomic E-state index is 15.8. The lowest BCUT2D eigenvalue weighted by molar-refractivity contribution is -0.144. The van der Waals surface area contributed by atoms with Crippen LogP contribution in [-0.2, 0) is 11.3 Å². The summed E-state index contributed by atoms with van der Waals surface area (Å²) in [6.45, 7) is 1.99. The number of rotatable bonds is 9. The quantitative estimate of drug-likeness (QED) is 0.255. The van der Waals surface area contributed by atoms with Crippen LogP contribution in [0.25, 0.3) is 32.6 Å². The number of halogens is 1. The molecule has 0 radical (unpaired) electrons. The van der Waals surface area contributed by atoms with Crippen molar-refractivity contribution in [3.05, 3.63) is 52.6 Å². The molecule has 0 aliphatic carbocycles. The number of aliphatic hydroxyl groups excluding tert-OH is 1. The zero-order valence-corrected chi connectivity index (χ0v) is 21.1.